The van der Waals surface area contributed by atoms with Gasteiger partial charge in [-0.15, -0.1) is 0 Å². The Labute approximate surface area is 169 Å². The van der Waals surface area contributed by atoms with Gasteiger partial charge in [0.1, 0.15) is 17.6 Å². The van der Waals surface area contributed by atoms with Crippen LogP contribution in [0, 0.1) is 23.2 Å². The summed E-state index contributed by atoms with van der Waals surface area (Å²) in [5, 5.41) is 9.49. The van der Waals surface area contributed by atoms with E-state index in [1.165, 1.54) is 18.3 Å². The summed E-state index contributed by atoms with van der Waals surface area (Å²) in [4.78, 5) is 8.23. The molecule has 8 heteroatoms. The largest absolute Gasteiger partial charge is 0.416 e. The number of aromatic nitrogens is 3. The van der Waals surface area contributed by atoms with Gasteiger partial charge in [-0.2, -0.15) is 18.4 Å². The molecule has 0 spiro atoms. The summed E-state index contributed by atoms with van der Waals surface area (Å²) in [5.74, 6) is 6.31. The number of anilines is 1. The molecule has 0 amide bonds. The molecule has 3 heterocycles. The summed E-state index contributed by atoms with van der Waals surface area (Å²) in [6.07, 6.45) is 0.353. The molecule has 4 rings (SSSR count). The van der Waals surface area contributed by atoms with Crippen LogP contribution in [0.4, 0.5) is 19.0 Å². The van der Waals surface area contributed by atoms with Crippen molar-refractivity contribution < 1.29 is 13.2 Å². The van der Waals surface area contributed by atoms with Crippen molar-refractivity contribution in [3.05, 3.63) is 83.4 Å². The lowest BCUT2D eigenvalue weighted by Crippen LogP contribution is -2.04. The minimum absolute atomic E-state index is 0.287. The van der Waals surface area contributed by atoms with Crippen molar-refractivity contribution in [2.24, 2.45) is 0 Å². The van der Waals surface area contributed by atoms with Gasteiger partial charge in [-0.3, -0.25) is 4.40 Å². The first-order valence-corrected chi connectivity index (χ1v) is 8.67. The molecular weight excluding hydrogens is 391 g/mol. The number of nitrogens with zero attached hydrogens (tertiary/aromatic N) is 4. The van der Waals surface area contributed by atoms with Gasteiger partial charge >= 0.3 is 6.18 Å². The Morgan fingerprint density at radius 3 is 2.33 bits per heavy atom. The Balaban J connectivity index is 1.79. The van der Waals surface area contributed by atoms with Crippen molar-refractivity contribution in [2.45, 2.75) is 6.18 Å². The maximum absolute atomic E-state index is 12.8. The first-order valence-electron chi connectivity index (χ1n) is 8.67. The molecule has 0 saturated heterocycles. The summed E-state index contributed by atoms with van der Waals surface area (Å²) in [6, 6.07) is 11.8. The Kier molecular flexibility index (Phi) is 4.61. The highest BCUT2D eigenvalue weighted by molar-refractivity contribution is 5.70. The lowest BCUT2D eigenvalue weighted by molar-refractivity contribution is -0.137. The van der Waals surface area contributed by atoms with Crippen molar-refractivity contribution in [3.63, 3.8) is 0 Å². The van der Waals surface area contributed by atoms with Gasteiger partial charge in [-0.05, 0) is 47.4 Å². The number of halogens is 3. The van der Waals surface area contributed by atoms with E-state index in [1.807, 2.05) is 0 Å². The fraction of sp³-hybridized carbons (Fsp3) is 0.0455. The van der Waals surface area contributed by atoms with E-state index in [0.29, 0.717) is 33.8 Å². The van der Waals surface area contributed by atoms with Gasteiger partial charge in [0.25, 0.3) is 0 Å². The quantitative estimate of drug-likeness (QED) is 0.482. The zero-order valence-corrected chi connectivity index (χ0v) is 15.3. The Hall–Kier alpha value is -4.30. The summed E-state index contributed by atoms with van der Waals surface area (Å²) in [7, 11) is 0. The van der Waals surface area contributed by atoms with Gasteiger partial charge in [0.05, 0.1) is 17.3 Å². The second-order valence-electron chi connectivity index (χ2n) is 6.39. The van der Waals surface area contributed by atoms with Gasteiger partial charge in [0.15, 0.2) is 5.65 Å². The topological polar surface area (TPSA) is 80.0 Å². The standard InChI is InChI=1S/C22H12F3N5/c23-22(24,25)18-5-3-15(4-6-18)17-9-16(10-26)21-29-12-19(30(21)13-17)7-1-14-2-8-20(27)28-11-14/h2-6,8-9,11-13H,(H2,27,28). The highest BCUT2D eigenvalue weighted by Gasteiger charge is 2.30. The average molecular weight is 403 g/mol. The van der Waals surface area contributed by atoms with Crippen molar-refractivity contribution in [1.29, 1.82) is 5.26 Å². The number of nitriles is 1. The number of nitrogen functional groups attached to an aromatic ring is 1. The average Bonchev–Trinajstić information content (AvgIpc) is 3.15. The zero-order chi connectivity index (χ0) is 21.3. The van der Waals surface area contributed by atoms with E-state index >= 15 is 0 Å². The van der Waals surface area contributed by atoms with Crippen LogP contribution in [0.2, 0.25) is 0 Å². The summed E-state index contributed by atoms with van der Waals surface area (Å²) in [5.41, 5.74) is 7.80. The van der Waals surface area contributed by atoms with Crippen LogP contribution in [0.1, 0.15) is 22.4 Å². The Morgan fingerprint density at radius 1 is 0.933 bits per heavy atom. The van der Waals surface area contributed by atoms with E-state index in [1.54, 1.807) is 35.0 Å². The number of nitrogens with two attached hydrogens (primary N) is 1. The lowest BCUT2D eigenvalue weighted by Gasteiger charge is -2.09. The lowest BCUT2D eigenvalue weighted by atomic mass is 10.0. The predicted molar refractivity (Wildman–Crippen MR) is 105 cm³/mol. The molecule has 0 fully saturated rings. The molecule has 3 aromatic heterocycles. The molecule has 2 N–H and O–H groups in total. The van der Waals surface area contributed by atoms with Crippen molar-refractivity contribution in [1.82, 2.24) is 14.4 Å². The third-order valence-electron chi connectivity index (χ3n) is 4.39. The van der Waals surface area contributed by atoms with E-state index in [-0.39, 0.29) is 5.56 Å². The van der Waals surface area contributed by atoms with Gasteiger partial charge < -0.3 is 5.73 Å². The van der Waals surface area contributed by atoms with E-state index in [0.717, 1.165) is 12.1 Å². The minimum atomic E-state index is -4.41. The van der Waals surface area contributed by atoms with Crippen LogP contribution in [-0.4, -0.2) is 14.4 Å². The van der Waals surface area contributed by atoms with E-state index < -0.39 is 11.7 Å². The molecule has 1 aromatic carbocycles. The number of imidazole rings is 1. The van der Waals surface area contributed by atoms with Crippen LogP contribution in [0.15, 0.2) is 61.1 Å². The first-order chi connectivity index (χ1) is 14.3. The fourth-order valence-electron chi connectivity index (χ4n) is 2.89. The Bertz CT molecular complexity index is 1330. The molecule has 0 atom stereocenters. The van der Waals surface area contributed by atoms with Gasteiger partial charge in [0, 0.05) is 18.0 Å². The monoisotopic (exact) mass is 403 g/mol. The van der Waals surface area contributed by atoms with Crippen LogP contribution in [-0.2, 0) is 6.18 Å². The molecule has 0 unspecified atom stereocenters. The SMILES string of the molecule is N#Cc1cc(-c2ccc(C(F)(F)F)cc2)cn2c(C#Cc3ccc(N)nc3)cnc12. The summed E-state index contributed by atoms with van der Waals surface area (Å²) >= 11 is 0. The second-order valence-corrected chi connectivity index (χ2v) is 6.39. The zero-order valence-electron chi connectivity index (χ0n) is 15.3. The number of benzene rings is 1. The predicted octanol–water partition coefficient (Wildman–Crippen LogP) is 4.27. The molecule has 0 aliphatic heterocycles. The molecule has 0 aliphatic rings. The van der Waals surface area contributed by atoms with Crippen LogP contribution in [0.3, 0.4) is 0 Å². The maximum Gasteiger partial charge on any atom is 0.416 e. The molecule has 0 bridgehead atoms. The van der Waals surface area contributed by atoms with Crippen molar-refractivity contribution in [3.8, 4) is 29.0 Å². The molecule has 146 valence electrons. The maximum atomic E-state index is 12.8. The van der Waals surface area contributed by atoms with Crippen LogP contribution in [0.5, 0.6) is 0 Å². The number of alkyl halides is 3. The van der Waals surface area contributed by atoms with Gasteiger partial charge in [-0.1, -0.05) is 18.1 Å². The van der Waals surface area contributed by atoms with E-state index in [9.17, 15) is 18.4 Å². The normalized spacial score (nSPS) is 11.0. The highest BCUT2D eigenvalue weighted by atomic mass is 19.4. The number of pyridine rings is 2. The number of hydrogen-bond donors (Lipinski definition) is 1. The number of hydrogen-bond acceptors (Lipinski definition) is 4. The third kappa shape index (κ3) is 3.67. The summed E-state index contributed by atoms with van der Waals surface area (Å²) < 4.78 is 40.1. The third-order valence-corrected chi connectivity index (χ3v) is 4.39. The molecule has 4 aromatic rings. The molecular formula is C22H12F3N5. The van der Waals surface area contributed by atoms with Gasteiger partial charge in [0.2, 0.25) is 0 Å². The molecule has 0 aliphatic carbocycles. The number of fused-ring (bicyclic) bond motifs is 1. The highest BCUT2D eigenvalue weighted by Crippen LogP contribution is 2.31. The van der Waals surface area contributed by atoms with Crippen LogP contribution < -0.4 is 5.73 Å². The van der Waals surface area contributed by atoms with E-state index in [4.69, 9.17) is 5.73 Å². The summed E-state index contributed by atoms with van der Waals surface area (Å²) in [6.45, 7) is 0. The van der Waals surface area contributed by atoms with Crippen LogP contribution >= 0.6 is 0 Å². The molecule has 5 nitrogen and oxygen atoms in total. The van der Waals surface area contributed by atoms with Crippen LogP contribution in [0.25, 0.3) is 16.8 Å². The smallest absolute Gasteiger partial charge is 0.384 e. The second kappa shape index (κ2) is 7.26. The number of rotatable bonds is 1. The Morgan fingerprint density at radius 2 is 1.70 bits per heavy atom. The molecule has 0 radical (unpaired) electrons. The van der Waals surface area contributed by atoms with Crippen molar-refractivity contribution >= 4 is 11.5 Å². The molecule has 0 saturated carbocycles. The van der Waals surface area contributed by atoms with E-state index in [2.05, 4.69) is 27.9 Å². The fourth-order valence-corrected chi connectivity index (χ4v) is 2.89. The molecule has 30 heavy (non-hydrogen) atoms. The first kappa shape index (κ1) is 19.0. The minimum Gasteiger partial charge on any atom is -0.384 e. The van der Waals surface area contributed by atoms with Gasteiger partial charge in [-0.25, -0.2) is 9.97 Å². The van der Waals surface area contributed by atoms with Crippen molar-refractivity contribution in [2.75, 3.05) is 5.73 Å².